The van der Waals surface area contributed by atoms with E-state index >= 15 is 0 Å². The fourth-order valence-corrected chi connectivity index (χ4v) is 1.41. The minimum absolute atomic E-state index is 0.349. The van der Waals surface area contributed by atoms with Crippen LogP contribution in [-0.2, 0) is 4.79 Å². The molecule has 0 aliphatic carbocycles. The van der Waals surface area contributed by atoms with Gasteiger partial charge in [0.25, 0.3) is 5.91 Å². The molecule has 0 aliphatic rings. The molecule has 0 bridgehead atoms. The lowest BCUT2D eigenvalue weighted by Crippen LogP contribution is -2.29. The molecule has 4 nitrogen and oxygen atoms in total. The van der Waals surface area contributed by atoms with Gasteiger partial charge in [-0.15, -0.1) is 0 Å². The second-order valence-electron chi connectivity index (χ2n) is 2.71. The van der Waals surface area contributed by atoms with Gasteiger partial charge >= 0.3 is 5.97 Å². The highest BCUT2D eigenvalue weighted by Crippen LogP contribution is 2.19. The number of halogens is 2. The molecule has 80 valence electrons. The minimum Gasteiger partial charge on any atom is -0.480 e. The van der Waals surface area contributed by atoms with Crippen molar-refractivity contribution >= 4 is 46.1 Å². The van der Waals surface area contributed by atoms with Gasteiger partial charge in [-0.25, -0.2) is 0 Å². The van der Waals surface area contributed by atoms with E-state index in [4.69, 9.17) is 16.7 Å². The van der Waals surface area contributed by atoms with E-state index in [2.05, 4.69) is 5.32 Å². The van der Waals surface area contributed by atoms with Crippen molar-refractivity contribution in [3.63, 3.8) is 0 Å². The summed E-state index contributed by atoms with van der Waals surface area (Å²) in [7, 11) is 0. The number of carboxylic acid groups (broad SMARTS) is 1. The molecule has 6 heteroatoms. The molecule has 0 heterocycles. The Morgan fingerprint density at radius 1 is 1.47 bits per heavy atom. The predicted octanol–water partition coefficient (Wildman–Crippen LogP) is 1.76. The summed E-state index contributed by atoms with van der Waals surface area (Å²) in [5.41, 5.74) is 0.349. The quantitative estimate of drug-likeness (QED) is 0.825. The topological polar surface area (TPSA) is 66.4 Å². The molecule has 15 heavy (non-hydrogen) atoms. The standard InChI is InChI=1S/C9H7ClINO3/c10-6-3-5(1-2-7(6)11)9(15)12-4-8(13)14/h1-3H,4H2,(H,12,15)(H,13,14). The normalized spacial score (nSPS) is 9.73. The first-order valence-corrected chi connectivity index (χ1v) is 5.41. The number of amides is 1. The number of carbonyl (C=O) groups excluding carboxylic acids is 1. The number of rotatable bonds is 3. The first kappa shape index (κ1) is 12.3. The first-order chi connectivity index (χ1) is 7.00. The Labute approximate surface area is 105 Å². The van der Waals surface area contributed by atoms with Crippen LogP contribution in [0.2, 0.25) is 5.02 Å². The monoisotopic (exact) mass is 339 g/mol. The van der Waals surface area contributed by atoms with Crippen molar-refractivity contribution in [3.8, 4) is 0 Å². The average molecular weight is 340 g/mol. The maximum absolute atomic E-state index is 11.4. The fourth-order valence-electron chi connectivity index (χ4n) is 0.895. The lowest BCUT2D eigenvalue weighted by atomic mass is 10.2. The lowest BCUT2D eigenvalue weighted by molar-refractivity contribution is -0.135. The van der Waals surface area contributed by atoms with E-state index in [-0.39, 0.29) is 0 Å². The van der Waals surface area contributed by atoms with Crippen LogP contribution >= 0.6 is 34.2 Å². The molecule has 1 rings (SSSR count). The third kappa shape index (κ3) is 3.67. The summed E-state index contributed by atoms with van der Waals surface area (Å²) in [5.74, 6) is -1.53. The van der Waals surface area contributed by atoms with Crippen LogP contribution in [0.15, 0.2) is 18.2 Å². The molecule has 0 atom stereocenters. The molecule has 1 amide bonds. The lowest BCUT2D eigenvalue weighted by Gasteiger charge is -2.03. The molecule has 0 saturated carbocycles. The van der Waals surface area contributed by atoms with Gasteiger partial charge in [0.15, 0.2) is 0 Å². The smallest absolute Gasteiger partial charge is 0.322 e. The van der Waals surface area contributed by atoms with Gasteiger partial charge in [-0.2, -0.15) is 0 Å². The number of nitrogens with one attached hydrogen (secondary N) is 1. The Balaban J connectivity index is 2.74. The van der Waals surface area contributed by atoms with Gasteiger partial charge in [0, 0.05) is 9.13 Å². The maximum Gasteiger partial charge on any atom is 0.322 e. The Kier molecular flexibility index (Phi) is 4.34. The third-order valence-electron chi connectivity index (χ3n) is 1.58. The van der Waals surface area contributed by atoms with Crippen molar-refractivity contribution in [2.75, 3.05) is 6.54 Å². The van der Waals surface area contributed by atoms with Crippen LogP contribution in [0.5, 0.6) is 0 Å². The molecule has 1 aromatic carbocycles. The zero-order chi connectivity index (χ0) is 11.4. The van der Waals surface area contributed by atoms with Crippen LogP contribution in [0.25, 0.3) is 0 Å². The van der Waals surface area contributed by atoms with Crippen molar-refractivity contribution in [2.24, 2.45) is 0 Å². The zero-order valence-corrected chi connectivity index (χ0v) is 10.4. The molecule has 0 aliphatic heterocycles. The van der Waals surface area contributed by atoms with E-state index in [1.807, 2.05) is 22.6 Å². The highest BCUT2D eigenvalue weighted by molar-refractivity contribution is 14.1. The van der Waals surface area contributed by atoms with Crippen molar-refractivity contribution in [2.45, 2.75) is 0 Å². The second kappa shape index (κ2) is 5.32. The summed E-state index contributed by atoms with van der Waals surface area (Å²) in [5, 5.41) is 11.1. The highest BCUT2D eigenvalue weighted by atomic mass is 127. The van der Waals surface area contributed by atoms with Crippen molar-refractivity contribution in [1.29, 1.82) is 0 Å². The number of hydrogen-bond acceptors (Lipinski definition) is 2. The van der Waals surface area contributed by atoms with Crippen molar-refractivity contribution < 1.29 is 14.7 Å². The minimum atomic E-state index is -1.08. The molecule has 2 N–H and O–H groups in total. The largest absolute Gasteiger partial charge is 0.480 e. The number of carbonyl (C=O) groups is 2. The zero-order valence-electron chi connectivity index (χ0n) is 7.46. The summed E-state index contributed by atoms with van der Waals surface area (Å²) in [6.45, 7) is -0.400. The predicted molar refractivity (Wildman–Crippen MR) is 64.1 cm³/mol. The molecular formula is C9H7ClINO3. The van der Waals surface area contributed by atoms with E-state index in [1.54, 1.807) is 12.1 Å². The summed E-state index contributed by atoms with van der Waals surface area (Å²) in [6, 6.07) is 4.78. The van der Waals surface area contributed by atoms with Gasteiger partial charge in [0.05, 0.1) is 5.02 Å². The number of aliphatic carboxylic acids is 1. The second-order valence-corrected chi connectivity index (χ2v) is 4.27. The van der Waals surface area contributed by atoms with Crippen molar-refractivity contribution in [1.82, 2.24) is 5.32 Å². The molecule has 0 spiro atoms. The van der Waals surface area contributed by atoms with E-state index in [9.17, 15) is 9.59 Å². The Morgan fingerprint density at radius 2 is 2.13 bits per heavy atom. The Hall–Kier alpha value is -0.820. The number of carboxylic acids is 1. The SMILES string of the molecule is O=C(O)CNC(=O)c1ccc(I)c(Cl)c1. The average Bonchev–Trinajstić information content (AvgIpc) is 2.18. The molecule has 0 radical (unpaired) electrons. The Morgan fingerprint density at radius 3 is 2.67 bits per heavy atom. The molecular weight excluding hydrogens is 332 g/mol. The maximum atomic E-state index is 11.4. The molecule has 0 fully saturated rings. The summed E-state index contributed by atoms with van der Waals surface area (Å²) >= 11 is 7.86. The molecule has 0 saturated heterocycles. The molecule has 1 aromatic rings. The van der Waals surface area contributed by atoms with Gasteiger partial charge in [-0.3, -0.25) is 9.59 Å². The van der Waals surface area contributed by atoms with Crippen LogP contribution in [0, 0.1) is 3.57 Å². The van der Waals surface area contributed by atoms with Crippen LogP contribution in [0.1, 0.15) is 10.4 Å². The Bertz CT molecular complexity index is 408. The highest BCUT2D eigenvalue weighted by Gasteiger charge is 2.08. The summed E-state index contributed by atoms with van der Waals surface area (Å²) in [6.07, 6.45) is 0. The van der Waals surface area contributed by atoms with Crippen LogP contribution in [-0.4, -0.2) is 23.5 Å². The van der Waals surface area contributed by atoms with Crippen LogP contribution in [0.4, 0.5) is 0 Å². The van der Waals surface area contributed by atoms with Gasteiger partial charge < -0.3 is 10.4 Å². The first-order valence-electron chi connectivity index (χ1n) is 3.95. The van der Waals surface area contributed by atoms with E-state index in [0.29, 0.717) is 10.6 Å². The van der Waals surface area contributed by atoms with E-state index in [0.717, 1.165) is 3.57 Å². The van der Waals surface area contributed by atoms with Crippen molar-refractivity contribution in [3.05, 3.63) is 32.4 Å². The molecule has 0 unspecified atom stereocenters. The van der Waals surface area contributed by atoms with E-state index in [1.165, 1.54) is 6.07 Å². The van der Waals surface area contributed by atoms with Crippen LogP contribution < -0.4 is 5.32 Å². The third-order valence-corrected chi connectivity index (χ3v) is 3.15. The number of hydrogen-bond donors (Lipinski definition) is 2. The summed E-state index contributed by atoms with van der Waals surface area (Å²) in [4.78, 5) is 21.6. The van der Waals surface area contributed by atoms with Gasteiger partial charge in [0.1, 0.15) is 6.54 Å². The fraction of sp³-hybridized carbons (Fsp3) is 0.111. The van der Waals surface area contributed by atoms with Crippen LogP contribution in [0.3, 0.4) is 0 Å². The molecule has 0 aromatic heterocycles. The van der Waals surface area contributed by atoms with Gasteiger partial charge in [0.2, 0.25) is 0 Å². The summed E-state index contributed by atoms with van der Waals surface area (Å²) < 4.78 is 0.837. The number of benzene rings is 1. The van der Waals surface area contributed by atoms with E-state index < -0.39 is 18.4 Å². The van der Waals surface area contributed by atoms with Gasteiger partial charge in [-0.1, -0.05) is 11.6 Å². The van der Waals surface area contributed by atoms with Gasteiger partial charge in [-0.05, 0) is 40.8 Å².